The van der Waals surface area contributed by atoms with Crippen molar-refractivity contribution in [3.05, 3.63) is 47.5 Å². The Hall–Kier alpha value is -3.26. The molecule has 0 saturated carbocycles. The topological polar surface area (TPSA) is 83.4 Å². The molecule has 0 spiro atoms. The number of nitrogens with one attached hydrogen (secondary N) is 1. The smallest absolute Gasteiger partial charge is 0.338 e. The van der Waals surface area contributed by atoms with Gasteiger partial charge in [0.1, 0.15) is 5.69 Å². The lowest BCUT2D eigenvalue weighted by Gasteiger charge is -2.24. The number of ether oxygens (including phenoxy) is 1. The highest BCUT2D eigenvalue weighted by Crippen LogP contribution is 2.32. The summed E-state index contributed by atoms with van der Waals surface area (Å²) in [6.07, 6.45) is 0. The minimum Gasteiger partial charge on any atom is -0.462 e. The van der Waals surface area contributed by atoms with Crippen LogP contribution in [0.4, 0.5) is 22.7 Å². The molecule has 0 aliphatic heterocycles. The Morgan fingerprint density at radius 2 is 1.61 bits per heavy atom. The summed E-state index contributed by atoms with van der Waals surface area (Å²) >= 11 is 0. The molecule has 178 valence electrons. The molecule has 2 rings (SSSR count). The highest BCUT2D eigenvalue weighted by Gasteiger charge is 2.17. The molecule has 0 aliphatic carbocycles. The standard InChI is InChI=1S/C25H35N5O3/c1-8-29(9-2)20-12-14-22(23(16-20)26-24(31)17-30(5,6)7)28-27-21-13-11-19(15-18(21)4)25(32)33-10-3/h11-16H,8-10,17H2,1-7H3/p+1. The number of likely N-dealkylation sites (N-methyl/N-ethyl adjacent to an activating group) is 1. The van der Waals surface area contributed by atoms with Crippen LogP contribution < -0.4 is 10.2 Å². The summed E-state index contributed by atoms with van der Waals surface area (Å²) in [4.78, 5) is 26.8. The Kier molecular flexibility index (Phi) is 9.11. The number of rotatable bonds is 10. The van der Waals surface area contributed by atoms with Gasteiger partial charge in [-0.25, -0.2) is 4.79 Å². The number of hydrogen-bond acceptors (Lipinski definition) is 6. The van der Waals surface area contributed by atoms with E-state index in [0.717, 1.165) is 24.3 Å². The lowest BCUT2D eigenvalue weighted by Crippen LogP contribution is -2.41. The van der Waals surface area contributed by atoms with Gasteiger partial charge in [0.15, 0.2) is 6.54 Å². The van der Waals surface area contributed by atoms with Gasteiger partial charge in [0.25, 0.3) is 5.91 Å². The van der Waals surface area contributed by atoms with Crippen LogP contribution in [0.3, 0.4) is 0 Å². The van der Waals surface area contributed by atoms with E-state index < -0.39 is 0 Å². The molecule has 33 heavy (non-hydrogen) atoms. The summed E-state index contributed by atoms with van der Waals surface area (Å²) < 4.78 is 5.57. The number of nitrogens with zero attached hydrogens (tertiary/aromatic N) is 4. The summed E-state index contributed by atoms with van der Waals surface area (Å²) in [6, 6.07) is 10.9. The fourth-order valence-corrected chi connectivity index (χ4v) is 3.33. The summed E-state index contributed by atoms with van der Waals surface area (Å²) in [5, 5.41) is 11.8. The quantitative estimate of drug-likeness (QED) is 0.308. The number of esters is 1. The minimum absolute atomic E-state index is 0.0920. The molecule has 0 aliphatic rings. The van der Waals surface area contributed by atoms with Gasteiger partial charge in [-0.2, -0.15) is 5.11 Å². The summed E-state index contributed by atoms with van der Waals surface area (Å²) in [5.41, 5.74) is 4.11. The number of quaternary nitrogens is 1. The van der Waals surface area contributed by atoms with Crippen LogP contribution in [0.1, 0.15) is 36.7 Å². The molecule has 0 saturated heterocycles. The van der Waals surface area contributed by atoms with Gasteiger partial charge >= 0.3 is 5.97 Å². The lowest BCUT2D eigenvalue weighted by molar-refractivity contribution is -0.861. The number of amides is 1. The molecule has 0 unspecified atom stereocenters. The molecular formula is C25H36N5O3+. The van der Waals surface area contributed by atoms with Gasteiger partial charge in [-0.1, -0.05) is 0 Å². The van der Waals surface area contributed by atoms with Crippen LogP contribution in [-0.2, 0) is 9.53 Å². The average Bonchev–Trinajstić information content (AvgIpc) is 2.73. The fraction of sp³-hybridized carbons (Fsp3) is 0.440. The van der Waals surface area contributed by atoms with Crippen molar-refractivity contribution in [1.29, 1.82) is 0 Å². The van der Waals surface area contributed by atoms with E-state index in [4.69, 9.17) is 4.74 Å². The van der Waals surface area contributed by atoms with E-state index >= 15 is 0 Å². The van der Waals surface area contributed by atoms with Crippen molar-refractivity contribution in [2.45, 2.75) is 27.7 Å². The maximum atomic E-state index is 12.6. The van der Waals surface area contributed by atoms with E-state index in [9.17, 15) is 9.59 Å². The SMILES string of the molecule is CCOC(=O)c1ccc(N=Nc2ccc(N(CC)CC)cc2NC(=O)C[N+](C)(C)C)c(C)c1. The van der Waals surface area contributed by atoms with Crippen molar-refractivity contribution in [3.63, 3.8) is 0 Å². The Balaban J connectivity index is 2.36. The van der Waals surface area contributed by atoms with Crippen molar-refractivity contribution >= 4 is 34.6 Å². The normalized spacial score (nSPS) is 11.5. The van der Waals surface area contributed by atoms with Crippen LogP contribution in [0, 0.1) is 6.92 Å². The predicted octanol–water partition coefficient (Wildman–Crippen LogP) is 5.08. The largest absolute Gasteiger partial charge is 0.462 e. The molecule has 8 nitrogen and oxygen atoms in total. The number of benzene rings is 2. The van der Waals surface area contributed by atoms with Crippen LogP contribution in [0.15, 0.2) is 46.6 Å². The zero-order chi connectivity index (χ0) is 24.6. The molecule has 0 atom stereocenters. The zero-order valence-corrected chi connectivity index (χ0v) is 20.8. The van der Waals surface area contributed by atoms with Gasteiger partial charge in [-0.05, 0) is 69.7 Å². The van der Waals surface area contributed by atoms with Crippen molar-refractivity contribution in [2.24, 2.45) is 10.2 Å². The number of hydrogen-bond donors (Lipinski definition) is 1. The van der Waals surface area contributed by atoms with Crippen LogP contribution in [0.5, 0.6) is 0 Å². The summed E-state index contributed by atoms with van der Waals surface area (Å²) in [5.74, 6) is -0.455. The molecule has 0 bridgehead atoms. The number of carbonyl (C=O) groups is 2. The van der Waals surface area contributed by atoms with E-state index in [1.54, 1.807) is 25.1 Å². The summed E-state index contributed by atoms with van der Waals surface area (Å²) in [7, 11) is 5.90. The molecule has 1 N–H and O–H groups in total. The van der Waals surface area contributed by atoms with E-state index in [0.29, 0.717) is 40.3 Å². The maximum Gasteiger partial charge on any atom is 0.338 e. The van der Waals surface area contributed by atoms with Crippen molar-refractivity contribution in [1.82, 2.24) is 0 Å². The maximum absolute atomic E-state index is 12.6. The fourth-order valence-electron chi connectivity index (χ4n) is 3.33. The van der Waals surface area contributed by atoms with Crippen LogP contribution in [0.2, 0.25) is 0 Å². The molecule has 0 fully saturated rings. The molecule has 0 aromatic heterocycles. The average molecular weight is 455 g/mol. The van der Waals surface area contributed by atoms with E-state index in [-0.39, 0.29) is 11.9 Å². The molecule has 8 heteroatoms. The first-order chi connectivity index (χ1) is 15.6. The van der Waals surface area contributed by atoms with Gasteiger partial charge < -0.3 is 19.4 Å². The Morgan fingerprint density at radius 1 is 0.970 bits per heavy atom. The third-order valence-corrected chi connectivity index (χ3v) is 4.97. The minimum atomic E-state index is -0.363. The van der Waals surface area contributed by atoms with Crippen molar-refractivity contribution in [3.8, 4) is 0 Å². The van der Waals surface area contributed by atoms with E-state index in [2.05, 4.69) is 34.3 Å². The monoisotopic (exact) mass is 454 g/mol. The van der Waals surface area contributed by atoms with Gasteiger partial charge in [0.2, 0.25) is 0 Å². The first kappa shape index (κ1) is 26.0. The van der Waals surface area contributed by atoms with Crippen LogP contribution in [0.25, 0.3) is 0 Å². The number of anilines is 2. The second-order valence-electron chi connectivity index (χ2n) is 8.79. The van der Waals surface area contributed by atoms with Gasteiger partial charge in [-0.15, -0.1) is 5.11 Å². The molecule has 2 aromatic rings. The van der Waals surface area contributed by atoms with E-state index in [1.807, 2.05) is 46.3 Å². The Morgan fingerprint density at radius 3 is 2.18 bits per heavy atom. The van der Waals surface area contributed by atoms with E-state index in [1.165, 1.54) is 0 Å². The third-order valence-electron chi connectivity index (χ3n) is 4.97. The number of aryl methyl sites for hydroxylation is 1. The first-order valence-corrected chi connectivity index (χ1v) is 11.3. The second-order valence-corrected chi connectivity index (χ2v) is 8.79. The number of carbonyl (C=O) groups excluding carboxylic acids is 2. The molecule has 0 heterocycles. The third kappa shape index (κ3) is 7.68. The highest BCUT2D eigenvalue weighted by atomic mass is 16.5. The first-order valence-electron chi connectivity index (χ1n) is 11.3. The van der Waals surface area contributed by atoms with Gasteiger partial charge in [0.05, 0.1) is 44.7 Å². The zero-order valence-electron chi connectivity index (χ0n) is 20.8. The predicted molar refractivity (Wildman–Crippen MR) is 133 cm³/mol. The second kappa shape index (κ2) is 11.6. The van der Waals surface area contributed by atoms with Crippen LogP contribution >= 0.6 is 0 Å². The highest BCUT2D eigenvalue weighted by molar-refractivity contribution is 5.95. The lowest BCUT2D eigenvalue weighted by atomic mass is 10.1. The van der Waals surface area contributed by atoms with Crippen LogP contribution in [-0.4, -0.2) is 63.7 Å². The van der Waals surface area contributed by atoms with Crippen molar-refractivity contribution in [2.75, 3.05) is 57.6 Å². The molecule has 1 amide bonds. The summed E-state index contributed by atoms with van der Waals surface area (Å²) in [6.45, 7) is 10.2. The Labute approximate surface area is 196 Å². The Bertz CT molecular complexity index is 1010. The van der Waals surface area contributed by atoms with Gasteiger partial charge in [0, 0.05) is 18.8 Å². The van der Waals surface area contributed by atoms with Crippen molar-refractivity contribution < 1.29 is 18.8 Å². The molecular weight excluding hydrogens is 418 g/mol. The number of azo groups is 1. The van der Waals surface area contributed by atoms with Gasteiger partial charge in [-0.3, -0.25) is 4.79 Å². The molecule has 2 aromatic carbocycles. The molecule has 0 radical (unpaired) electrons.